The van der Waals surface area contributed by atoms with Crippen molar-refractivity contribution in [1.29, 1.82) is 0 Å². The van der Waals surface area contributed by atoms with Gasteiger partial charge in [0.05, 0.1) is 19.8 Å². The Bertz CT molecular complexity index is 827. The first-order valence-electron chi connectivity index (χ1n) is 9.70. The van der Waals surface area contributed by atoms with E-state index in [-0.39, 0.29) is 25.0 Å². The summed E-state index contributed by atoms with van der Waals surface area (Å²) in [5, 5.41) is 23.6. The number of benzene rings is 2. The van der Waals surface area contributed by atoms with Crippen molar-refractivity contribution in [3.63, 3.8) is 0 Å². The first kappa shape index (κ1) is 23.8. The minimum atomic E-state index is -0.714. The summed E-state index contributed by atoms with van der Waals surface area (Å²) >= 11 is 6.37. The van der Waals surface area contributed by atoms with Crippen LogP contribution in [0.5, 0.6) is 17.2 Å². The molecule has 0 heterocycles. The van der Waals surface area contributed by atoms with Gasteiger partial charge in [0.15, 0.2) is 18.1 Å². The molecule has 0 aliphatic rings. The third-order valence-corrected chi connectivity index (χ3v) is 4.90. The van der Waals surface area contributed by atoms with Gasteiger partial charge in [-0.05, 0) is 56.1 Å². The molecule has 0 amide bonds. The van der Waals surface area contributed by atoms with Gasteiger partial charge in [0, 0.05) is 17.1 Å². The number of halogens is 1. The molecule has 0 saturated heterocycles. The standard InChI is InChI=1S/C22H28ClNO6/c1-4-29-21(26)13-30-20-12-18(23)16(11-19(20)28-3)9-10-24-14(2)22(27)15-5-7-17(25)8-6-15/h5-8,11-12,14,22,24-25,27H,4,9-10,13H2,1-3H3/t14-,22+/m0/s1. The van der Waals surface area contributed by atoms with Crippen LogP contribution in [0.25, 0.3) is 0 Å². The summed E-state index contributed by atoms with van der Waals surface area (Å²) in [5.41, 5.74) is 1.56. The van der Waals surface area contributed by atoms with Crippen molar-refractivity contribution in [1.82, 2.24) is 5.32 Å². The number of hydrogen-bond donors (Lipinski definition) is 3. The zero-order valence-corrected chi connectivity index (χ0v) is 18.1. The summed E-state index contributed by atoms with van der Waals surface area (Å²) < 4.78 is 15.7. The molecule has 0 bridgehead atoms. The Morgan fingerprint density at radius 3 is 2.53 bits per heavy atom. The molecule has 0 radical (unpaired) electrons. The molecule has 2 rings (SSSR count). The molecule has 0 aliphatic heterocycles. The zero-order valence-electron chi connectivity index (χ0n) is 17.4. The Balaban J connectivity index is 1.94. The van der Waals surface area contributed by atoms with Crippen molar-refractivity contribution in [3.8, 4) is 17.2 Å². The number of nitrogens with one attached hydrogen (secondary N) is 1. The van der Waals surface area contributed by atoms with E-state index in [4.69, 9.17) is 25.8 Å². The number of aliphatic hydroxyl groups is 1. The second kappa shape index (κ2) is 11.6. The lowest BCUT2D eigenvalue weighted by Crippen LogP contribution is -2.33. The number of aliphatic hydroxyl groups excluding tert-OH is 1. The Hall–Kier alpha value is -2.48. The molecule has 0 unspecified atom stereocenters. The second-order valence-corrected chi connectivity index (χ2v) is 7.12. The molecule has 2 atom stereocenters. The molecule has 0 saturated carbocycles. The van der Waals surface area contributed by atoms with Crippen molar-refractivity contribution >= 4 is 17.6 Å². The van der Waals surface area contributed by atoms with E-state index in [1.165, 1.54) is 7.11 Å². The number of methoxy groups -OCH3 is 1. The number of esters is 1. The van der Waals surface area contributed by atoms with Gasteiger partial charge >= 0.3 is 5.97 Å². The van der Waals surface area contributed by atoms with Crippen LogP contribution >= 0.6 is 11.6 Å². The van der Waals surface area contributed by atoms with Crippen molar-refractivity contribution in [3.05, 3.63) is 52.5 Å². The number of carbonyl (C=O) groups excluding carboxylic acids is 1. The smallest absolute Gasteiger partial charge is 0.344 e. The summed E-state index contributed by atoms with van der Waals surface area (Å²) in [4.78, 5) is 11.5. The molecule has 8 heteroatoms. The van der Waals surface area contributed by atoms with Crippen molar-refractivity contribution < 1.29 is 29.2 Å². The number of phenols is 1. The van der Waals surface area contributed by atoms with Gasteiger partial charge in [-0.25, -0.2) is 4.79 Å². The SMILES string of the molecule is CCOC(=O)COc1cc(Cl)c(CCN[C@@H](C)[C@@H](O)c2ccc(O)cc2)cc1OC. The van der Waals surface area contributed by atoms with Crippen LogP contribution in [0, 0.1) is 0 Å². The lowest BCUT2D eigenvalue weighted by molar-refractivity contribution is -0.145. The van der Waals surface area contributed by atoms with Gasteiger partial charge in [0.2, 0.25) is 0 Å². The molecule has 2 aromatic rings. The highest BCUT2D eigenvalue weighted by Crippen LogP contribution is 2.33. The fourth-order valence-electron chi connectivity index (χ4n) is 2.89. The van der Waals surface area contributed by atoms with Gasteiger partial charge in [0.25, 0.3) is 0 Å². The van der Waals surface area contributed by atoms with Crippen molar-refractivity contribution in [2.75, 3.05) is 26.9 Å². The molecule has 3 N–H and O–H groups in total. The molecule has 0 aliphatic carbocycles. The summed E-state index contributed by atoms with van der Waals surface area (Å²) in [7, 11) is 1.51. The maximum atomic E-state index is 11.5. The van der Waals surface area contributed by atoms with Crippen molar-refractivity contribution in [2.24, 2.45) is 0 Å². The highest BCUT2D eigenvalue weighted by atomic mass is 35.5. The number of aromatic hydroxyl groups is 1. The topological polar surface area (TPSA) is 97.3 Å². The van der Waals surface area contributed by atoms with Gasteiger partial charge in [-0.3, -0.25) is 0 Å². The van der Waals surface area contributed by atoms with E-state index in [1.54, 1.807) is 43.3 Å². The number of phenolic OH excluding ortho intramolecular Hbond substituents is 1. The molecule has 0 spiro atoms. The Labute approximate surface area is 181 Å². The Morgan fingerprint density at radius 2 is 1.90 bits per heavy atom. The number of rotatable bonds is 11. The summed E-state index contributed by atoms with van der Waals surface area (Å²) in [6, 6.07) is 9.65. The molecule has 164 valence electrons. The van der Waals surface area contributed by atoms with Crippen LogP contribution in [0.2, 0.25) is 5.02 Å². The van der Waals surface area contributed by atoms with Gasteiger partial charge < -0.3 is 29.7 Å². The molecule has 30 heavy (non-hydrogen) atoms. The highest BCUT2D eigenvalue weighted by molar-refractivity contribution is 6.31. The van der Waals surface area contributed by atoms with E-state index in [0.717, 1.165) is 11.1 Å². The van der Waals surface area contributed by atoms with Crippen LogP contribution in [-0.2, 0) is 16.0 Å². The summed E-state index contributed by atoms with van der Waals surface area (Å²) in [5.74, 6) is 0.522. The highest BCUT2D eigenvalue weighted by Gasteiger charge is 2.17. The normalized spacial score (nSPS) is 12.8. The van der Waals surface area contributed by atoms with Crippen molar-refractivity contribution in [2.45, 2.75) is 32.4 Å². The quantitative estimate of drug-likeness (QED) is 0.464. The Kier molecular flexibility index (Phi) is 9.23. The average molecular weight is 438 g/mol. The number of ether oxygens (including phenoxy) is 3. The van der Waals surface area contributed by atoms with E-state index < -0.39 is 12.1 Å². The maximum absolute atomic E-state index is 11.5. The van der Waals surface area contributed by atoms with E-state index in [1.807, 2.05) is 6.92 Å². The molecule has 2 aromatic carbocycles. The fraction of sp³-hybridized carbons (Fsp3) is 0.409. The monoisotopic (exact) mass is 437 g/mol. The van der Waals surface area contributed by atoms with Crippen LogP contribution in [-0.4, -0.2) is 49.1 Å². The first-order chi connectivity index (χ1) is 14.3. The minimum absolute atomic E-state index is 0.157. The third kappa shape index (κ3) is 6.79. The summed E-state index contributed by atoms with van der Waals surface area (Å²) in [6.45, 7) is 4.23. The van der Waals surface area contributed by atoms with Crippen LogP contribution in [0.3, 0.4) is 0 Å². The van der Waals surface area contributed by atoms with E-state index in [0.29, 0.717) is 29.5 Å². The molecule has 0 fully saturated rings. The number of hydrogen-bond acceptors (Lipinski definition) is 7. The van der Waals surface area contributed by atoms with E-state index in [9.17, 15) is 15.0 Å². The van der Waals surface area contributed by atoms with E-state index in [2.05, 4.69) is 5.32 Å². The molecule has 0 aromatic heterocycles. The second-order valence-electron chi connectivity index (χ2n) is 6.72. The molecular weight excluding hydrogens is 410 g/mol. The summed E-state index contributed by atoms with van der Waals surface area (Å²) in [6.07, 6.45) is -0.116. The van der Waals surface area contributed by atoms with Crippen LogP contribution in [0.15, 0.2) is 36.4 Å². The maximum Gasteiger partial charge on any atom is 0.344 e. The number of carbonyl (C=O) groups is 1. The van der Waals surface area contributed by atoms with Crippen LogP contribution in [0.1, 0.15) is 31.1 Å². The van der Waals surface area contributed by atoms with Crippen LogP contribution in [0.4, 0.5) is 0 Å². The third-order valence-electron chi connectivity index (χ3n) is 4.55. The fourth-order valence-corrected chi connectivity index (χ4v) is 3.13. The zero-order chi connectivity index (χ0) is 22.1. The van der Waals surface area contributed by atoms with Gasteiger partial charge in [-0.1, -0.05) is 23.7 Å². The largest absolute Gasteiger partial charge is 0.508 e. The van der Waals surface area contributed by atoms with Gasteiger partial charge in [-0.2, -0.15) is 0 Å². The lowest BCUT2D eigenvalue weighted by atomic mass is 10.0. The average Bonchev–Trinajstić information content (AvgIpc) is 2.73. The predicted molar refractivity (Wildman–Crippen MR) is 114 cm³/mol. The Morgan fingerprint density at radius 1 is 1.20 bits per heavy atom. The minimum Gasteiger partial charge on any atom is -0.508 e. The molecular formula is C22H28ClNO6. The van der Waals surface area contributed by atoms with Gasteiger partial charge in [0.1, 0.15) is 5.75 Å². The van der Waals surface area contributed by atoms with Gasteiger partial charge in [-0.15, -0.1) is 0 Å². The van der Waals surface area contributed by atoms with Crippen LogP contribution < -0.4 is 14.8 Å². The lowest BCUT2D eigenvalue weighted by Gasteiger charge is -2.21. The van der Waals surface area contributed by atoms with E-state index >= 15 is 0 Å². The first-order valence-corrected chi connectivity index (χ1v) is 10.1. The molecule has 7 nitrogen and oxygen atoms in total. The predicted octanol–water partition coefficient (Wildman–Crippen LogP) is 3.25.